The van der Waals surface area contributed by atoms with Crippen molar-refractivity contribution in [3.63, 3.8) is 0 Å². The molecule has 0 saturated heterocycles. The summed E-state index contributed by atoms with van der Waals surface area (Å²) < 4.78 is 85.8. The topological polar surface area (TPSA) is 54.5 Å². The number of alkyl halides is 6. The second-order valence-electron chi connectivity index (χ2n) is 11.3. The fourth-order valence-electron chi connectivity index (χ4n) is 7.25. The average molecular weight is 554 g/mol. The molecule has 0 spiro atoms. The number of hydrogen-bond donors (Lipinski definition) is 1. The first kappa shape index (κ1) is 26.4. The molecule has 5 atom stereocenters. The van der Waals surface area contributed by atoms with Gasteiger partial charge in [0, 0.05) is 55.5 Å². The molecule has 3 heterocycles. The molecule has 2 saturated carbocycles. The first-order chi connectivity index (χ1) is 18.4. The molecule has 1 N–H and O–H groups in total. The Hall–Kier alpha value is -2.82. The zero-order valence-corrected chi connectivity index (χ0v) is 21.1. The summed E-state index contributed by atoms with van der Waals surface area (Å²) in [5, 5.41) is 3.44. The quantitative estimate of drug-likeness (QED) is 0.476. The number of nitrogens with one attached hydrogen (secondary N) is 1. The van der Waals surface area contributed by atoms with Crippen LogP contribution in [0.25, 0.3) is 0 Å². The highest BCUT2D eigenvalue weighted by atomic mass is 19.4. The van der Waals surface area contributed by atoms with E-state index in [0.29, 0.717) is 49.0 Å². The van der Waals surface area contributed by atoms with E-state index >= 15 is 0 Å². The van der Waals surface area contributed by atoms with E-state index < -0.39 is 35.5 Å². The number of aromatic nitrogens is 1. The minimum absolute atomic E-state index is 0.0575. The van der Waals surface area contributed by atoms with Crippen molar-refractivity contribution in [3.05, 3.63) is 58.9 Å². The molecule has 2 aliphatic carbocycles. The SMILES string of the molecule is O=C(N1CCc2ncc(C(F)(F)F)cc2C1)[C@@]12CCC[C@@H]1C[C@@H](N[C@@H]1C[C@@H](C(F)(F)F)Oc3ccccc31)C2. The van der Waals surface area contributed by atoms with Crippen LogP contribution in [0, 0.1) is 11.3 Å². The molecule has 0 unspecified atom stereocenters. The lowest BCUT2D eigenvalue weighted by Gasteiger charge is -2.38. The van der Waals surface area contributed by atoms with Crippen molar-refractivity contribution < 1.29 is 35.9 Å². The Kier molecular flexibility index (Phi) is 6.35. The summed E-state index contributed by atoms with van der Waals surface area (Å²) in [7, 11) is 0. The summed E-state index contributed by atoms with van der Waals surface area (Å²) in [5.74, 6) is 0.237. The van der Waals surface area contributed by atoms with Gasteiger partial charge in [-0.2, -0.15) is 26.3 Å². The fraction of sp³-hybridized carbons (Fsp3) is 0.571. The van der Waals surface area contributed by atoms with E-state index in [9.17, 15) is 31.1 Å². The van der Waals surface area contributed by atoms with Crippen LogP contribution in [0.2, 0.25) is 0 Å². The standard InChI is InChI=1S/C28H29F6N3O2/c29-27(30,31)18-10-16-15-37(9-7-21(16)35-14-18)25(38)26-8-3-4-17(26)11-19(13-26)36-22-12-24(28(32,33)34)39-23-6-2-1-5-20(22)23/h1-2,5-6,10,14,17,19,22,24,36H,3-4,7-9,11-13,15H2/t17-,19-,22-,24+,26-/m1/s1. The maximum Gasteiger partial charge on any atom is 0.425 e. The van der Waals surface area contributed by atoms with Gasteiger partial charge >= 0.3 is 12.4 Å². The zero-order valence-electron chi connectivity index (χ0n) is 21.1. The average Bonchev–Trinajstić information content (AvgIpc) is 3.44. The summed E-state index contributed by atoms with van der Waals surface area (Å²) in [6.45, 7) is 0.468. The van der Waals surface area contributed by atoms with Gasteiger partial charge in [-0.3, -0.25) is 9.78 Å². The Balaban J connectivity index is 1.20. The number of ether oxygens (including phenoxy) is 1. The van der Waals surface area contributed by atoms with Gasteiger partial charge in [-0.05, 0) is 49.3 Å². The Bertz CT molecular complexity index is 1260. The van der Waals surface area contributed by atoms with E-state index in [4.69, 9.17) is 4.74 Å². The van der Waals surface area contributed by atoms with Crippen molar-refractivity contribution in [1.82, 2.24) is 15.2 Å². The highest BCUT2D eigenvalue weighted by Gasteiger charge is 2.57. The van der Waals surface area contributed by atoms with Crippen molar-refractivity contribution in [1.29, 1.82) is 0 Å². The molecule has 2 aliphatic heterocycles. The van der Waals surface area contributed by atoms with Gasteiger partial charge in [-0.1, -0.05) is 24.6 Å². The molecular formula is C28H29F6N3O2. The number of benzene rings is 1. The molecule has 5 nitrogen and oxygen atoms in total. The minimum atomic E-state index is -4.51. The molecule has 11 heteroatoms. The van der Waals surface area contributed by atoms with Crippen LogP contribution in [-0.2, 0) is 23.9 Å². The number of carbonyl (C=O) groups is 1. The lowest BCUT2D eigenvalue weighted by atomic mass is 9.78. The second kappa shape index (κ2) is 9.38. The van der Waals surface area contributed by atoms with Gasteiger partial charge in [-0.15, -0.1) is 0 Å². The summed E-state index contributed by atoms with van der Waals surface area (Å²) >= 11 is 0. The van der Waals surface area contributed by atoms with Gasteiger partial charge in [0.15, 0.2) is 6.10 Å². The van der Waals surface area contributed by atoms with Crippen LogP contribution in [0.15, 0.2) is 36.5 Å². The molecule has 0 radical (unpaired) electrons. The molecule has 2 aromatic rings. The summed E-state index contributed by atoms with van der Waals surface area (Å²) in [4.78, 5) is 19.7. The lowest BCUT2D eigenvalue weighted by molar-refractivity contribution is -0.201. The summed E-state index contributed by atoms with van der Waals surface area (Å²) in [6.07, 6.45) is -6.37. The van der Waals surface area contributed by atoms with Crippen LogP contribution >= 0.6 is 0 Å². The third kappa shape index (κ3) is 4.76. The maximum atomic E-state index is 14.0. The number of halogens is 6. The minimum Gasteiger partial charge on any atom is -0.481 e. The molecular weight excluding hydrogens is 524 g/mol. The predicted molar refractivity (Wildman–Crippen MR) is 129 cm³/mol. The number of pyridine rings is 1. The number of para-hydroxylation sites is 1. The fourth-order valence-corrected chi connectivity index (χ4v) is 7.25. The first-order valence-corrected chi connectivity index (χ1v) is 13.4. The molecule has 210 valence electrons. The smallest absolute Gasteiger partial charge is 0.425 e. The highest BCUT2D eigenvalue weighted by molar-refractivity contribution is 5.84. The van der Waals surface area contributed by atoms with Crippen LogP contribution in [0.1, 0.15) is 67.0 Å². The van der Waals surface area contributed by atoms with Crippen LogP contribution in [-0.4, -0.2) is 40.7 Å². The number of rotatable bonds is 3. The molecule has 1 aromatic heterocycles. The molecule has 39 heavy (non-hydrogen) atoms. The largest absolute Gasteiger partial charge is 0.481 e. The normalized spacial score (nSPS) is 30.4. The van der Waals surface area contributed by atoms with Gasteiger partial charge in [0.1, 0.15) is 5.75 Å². The van der Waals surface area contributed by atoms with E-state index in [0.717, 1.165) is 25.1 Å². The maximum absolute atomic E-state index is 14.0. The van der Waals surface area contributed by atoms with Crippen molar-refractivity contribution in [2.45, 2.75) is 82.0 Å². The van der Waals surface area contributed by atoms with Gasteiger partial charge in [0.05, 0.1) is 11.0 Å². The van der Waals surface area contributed by atoms with Crippen LogP contribution in [0.4, 0.5) is 26.3 Å². The van der Waals surface area contributed by atoms with Crippen LogP contribution in [0.3, 0.4) is 0 Å². The zero-order chi connectivity index (χ0) is 27.6. The van der Waals surface area contributed by atoms with Gasteiger partial charge in [-0.25, -0.2) is 0 Å². The van der Waals surface area contributed by atoms with Gasteiger partial charge in [0.25, 0.3) is 0 Å². The molecule has 2 fully saturated rings. The predicted octanol–water partition coefficient (Wildman–Crippen LogP) is 5.98. The number of nitrogens with zero attached hydrogens (tertiary/aromatic N) is 2. The van der Waals surface area contributed by atoms with Crippen LogP contribution < -0.4 is 10.1 Å². The molecule has 4 aliphatic rings. The molecule has 6 rings (SSSR count). The van der Waals surface area contributed by atoms with E-state index in [1.807, 2.05) is 0 Å². The first-order valence-electron chi connectivity index (χ1n) is 13.4. The number of fused-ring (bicyclic) bond motifs is 3. The van der Waals surface area contributed by atoms with Crippen molar-refractivity contribution >= 4 is 5.91 Å². The highest BCUT2D eigenvalue weighted by Crippen LogP contribution is 2.56. The number of hydrogen-bond acceptors (Lipinski definition) is 4. The Morgan fingerprint density at radius 2 is 1.92 bits per heavy atom. The summed E-state index contributed by atoms with van der Waals surface area (Å²) in [6, 6.07) is 7.10. The van der Waals surface area contributed by atoms with Crippen molar-refractivity contribution in [3.8, 4) is 5.75 Å². The van der Waals surface area contributed by atoms with Crippen LogP contribution in [0.5, 0.6) is 5.75 Å². The van der Waals surface area contributed by atoms with E-state index in [1.54, 1.807) is 29.2 Å². The number of amides is 1. The van der Waals surface area contributed by atoms with Crippen molar-refractivity contribution in [2.24, 2.45) is 11.3 Å². The van der Waals surface area contributed by atoms with Crippen molar-refractivity contribution in [2.75, 3.05) is 6.54 Å². The van der Waals surface area contributed by atoms with E-state index in [1.165, 1.54) is 0 Å². The second-order valence-corrected chi connectivity index (χ2v) is 11.3. The Morgan fingerprint density at radius 1 is 1.13 bits per heavy atom. The lowest BCUT2D eigenvalue weighted by Crippen LogP contribution is -2.47. The molecule has 1 amide bonds. The Morgan fingerprint density at radius 3 is 2.69 bits per heavy atom. The van der Waals surface area contributed by atoms with E-state index in [2.05, 4.69) is 10.3 Å². The Labute approximate surface area is 221 Å². The monoisotopic (exact) mass is 553 g/mol. The third-order valence-electron chi connectivity index (χ3n) is 9.03. The molecule has 0 bridgehead atoms. The summed E-state index contributed by atoms with van der Waals surface area (Å²) in [5.41, 5.74) is 0.191. The third-order valence-corrected chi connectivity index (χ3v) is 9.03. The number of carbonyl (C=O) groups excluding carboxylic acids is 1. The molecule has 1 aromatic carbocycles. The van der Waals surface area contributed by atoms with E-state index in [-0.39, 0.29) is 36.6 Å². The van der Waals surface area contributed by atoms with Gasteiger partial charge in [0.2, 0.25) is 5.91 Å². The van der Waals surface area contributed by atoms with Gasteiger partial charge < -0.3 is 15.0 Å².